The van der Waals surface area contributed by atoms with E-state index in [1.807, 2.05) is 24.3 Å². The van der Waals surface area contributed by atoms with Crippen LogP contribution in [0, 0.1) is 106 Å². The second-order valence-electron chi connectivity index (χ2n) is 19.4. The fraction of sp³-hybridized carbons (Fsp3) is 0.200. The molecule has 0 aliphatic heterocycles. The van der Waals surface area contributed by atoms with E-state index in [1.165, 1.54) is 113 Å². The smallest absolute Gasteiger partial charge is 0.207 e. The molecule has 0 bridgehead atoms. The van der Waals surface area contributed by atoms with E-state index in [-0.39, 0.29) is 13.4 Å². The standard InChI is InChI=1S/C60H58B2F4Si/c1-35-21-39(5)57(40(6)22-35)61(58-41(7)23-36(2)24-42(58)8)47-13-17-53(18-14-47)67(55-31-49(63)29-50(64)32-55,56-33-51(65)30-52(66)34-56)54-19-15-48(16-20-54)62(59-43(9)25-37(3)26-44(59)10)60-45(11)27-38(4)28-46(60)12/h13-34H,1-12H3. The summed E-state index contributed by atoms with van der Waals surface area (Å²) >= 11 is 0. The van der Waals surface area contributed by atoms with Crippen molar-refractivity contribution in [1.29, 1.82) is 0 Å². The molecule has 0 radical (unpaired) electrons. The monoisotopic (exact) mass is 904 g/mol. The number of benzene rings is 8. The van der Waals surface area contributed by atoms with Crippen LogP contribution in [-0.2, 0) is 0 Å². The molecule has 0 amide bonds. The first-order chi connectivity index (χ1) is 31.8. The van der Waals surface area contributed by atoms with E-state index in [0.29, 0.717) is 10.4 Å². The maximum atomic E-state index is 15.8. The van der Waals surface area contributed by atoms with Crippen LogP contribution in [0.3, 0.4) is 0 Å². The summed E-state index contributed by atoms with van der Waals surface area (Å²) in [4.78, 5) is 0. The van der Waals surface area contributed by atoms with Gasteiger partial charge in [0.2, 0.25) is 13.4 Å². The Labute approximate surface area is 397 Å². The van der Waals surface area contributed by atoms with Crippen molar-refractivity contribution in [3.8, 4) is 0 Å². The molecule has 7 heteroatoms. The van der Waals surface area contributed by atoms with E-state index in [0.717, 1.165) is 33.4 Å². The van der Waals surface area contributed by atoms with E-state index in [1.54, 1.807) is 0 Å². The zero-order valence-electron chi connectivity index (χ0n) is 40.9. The molecule has 8 aromatic carbocycles. The molecule has 0 aliphatic carbocycles. The highest BCUT2D eigenvalue weighted by atomic mass is 28.3. The van der Waals surface area contributed by atoms with Crippen LogP contribution < -0.4 is 53.5 Å². The summed E-state index contributed by atoms with van der Waals surface area (Å²) in [6, 6.07) is 41.5. The molecule has 336 valence electrons. The van der Waals surface area contributed by atoms with Crippen LogP contribution in [0.25, 0.3) is 0 Å². The topological polar surface area (TPSA) is 0 Å². The minimum absolute atomic E-state index is 0.136. The number of halogens is 4. The van der Waals surface area contributed by atoms with Gasteiger partial charge in [-0.3, -0.25) is 0 Å². The Kier molecular flexibility index (Phi) is 13.1. The van der Waals surface area contributed by atoms with Crippen molar-refractivity contribution in [1.82, 2.24) is 0 Å². The van der Waals surface area contributed by atoms with Crippen molar-refractivity contribution in [2.75, 3.05) is 0 Å². The van der Waals surface area contributed by atoms with Gasteiger partial charge in [0, 0.05) is 12.1 Å². The van der Waals surface area contributed by atoms with Gasteiger partial charge in [0.15, 0.2) is 8.07 Å². The minimum atomic E-state index is -3.94. The Morgan fingerprint density at radius 1 is 0.269 bits per heavy atom. The van der Waals surface area contributed by atoms with Crippen molar-refractivity contribution in [2.45, 2.75) is 83.1 Å². The Balaban J connectivity index is 1.42. The lowest BCUT2D eigenvalue weighted by Gasteiger charge is -2.35. The van der Waals surface area contributed by atoms with Crippen molar-refractivity contribution >= 4 is 75.0 Å². The molecule has 0 atom stereocenters. The highest BCUT2D eigenvalue weighted by Gasteiger charge is 2.44. The average molecular weight is 905 g/mol. The molecule has 0 N–H and O–H groups in total. The van der Waals surface area contributed by atoms with E-state index >= 15 is 17.6 Å². The number of rotatable bonds is 10. The third kappa shape index (κ3) is 8.91. The summed E-state index contributed by atoms with van der Waals surface area (Å²) in [6.07, 6.45) is 0. The first-order valence-corrected chi connectivity index (χ1v) is 25.2. The minimum Gasteiger partial charge on any atom is -0.207 e. The van der Waals surface area contributed by atoms with Gasteiger partial charge in [-0.05, 0) is 128 Å². The van der Waals surface area contributed by atoms with Crippen LogP contribution in [0.1, 0.15) is 66.8 Å². The summed E-state index contributed by atoms with van der Waals surface area (Å²) in [5.74, 6) is -3.04. The molecule has 0 unspecified atom stereocenters. The maximum Gasteiger partial charge on any atom is 0.242 e. The molecule has 67 heavy (non-hydrogen) atoms. The first kappa shape index (κ1) is 47.3. The van der Waals surface area contributed by atoms with Gasteiger partial charge in [-0.2, -0.15) is 0 Å². The second-order valence-corrected chi connectivity index (χ2v) is 23.2. The molecule has 8 rings (SSSR count). The van der Waals surface area contributed by atoms with Crippen LogP contribution in [-0.4, -0.2) is 21.5 Å². The summed E-state index contributed by atoms with van der Waals surface area (Å²) in [5.41, 5.74) is 21.2. The normalized spacial score (nSPS) is 11.6. The molecular formula is C60H58B2F4Si. The maximum absolute atomic E-state index is 15.8. The fourth-order valence-electron chi connectivity index (χ4n) is 11.9. The number of hydrogen-bond donors (Lipinski definition) is 0. The Hall–Kier alpha value is -6.17. The van der Waals surface area contributed by atoms with Crippen LogP contribution in [0.5, 0.6) is 0 Å². The quantitative estimate of drug-likeness (QED) is 0.0737. The lowest BCUT2D eigenvalue weighted by Crippen LogP contribution is -2.75. The van der Waals surface area contributed by atoms with E-state index in [9.17, 15) is 0 Å². The van der Waals surface area contributed by atoms with Gasteiger partial charge in [0.1, 0.15) is 23.3 Å². The molecule has 0 saturated heterocycles. The first-order valence-electron chi connectivity index (χ1n) is 23.2. The van der Waals surface area contributed by atoms with E-state index < -0.39 is 31.3 Å². The highest BCUT2D eigenvalue weighted by Crippen LogP contribution is 2.18. The van der Waals surface area contributed by atoms with Crippen molar-refractivity contribution < 1.29 is 17.6 Å². The lowest BCUT2D eigenvalue weighted by atomic mass is 9.34. The van der Waals surface area contributed by atoms with Gasteiger partial charge in [-0.1, -0.05) is 197 Å². The van der Waals surface area contributed by atoms with Crippen LogP contribution in [0.2, 0.25) is 0 Å². The van der Waals surface area contributed by atoms with E-state index in [2.05, 4.69) is 156 Å². The predicted octanol–water partition coefficient (Wildman–Crippen LogP) is 8.35. The molecule has 0 nitrogen and oxygen atoms in total. The van der Waals surface area contributed by atoms with Crippen molar-refractivity contribution in [2.24, 2.45) is 0 Å². The third-order valence-electron chi connectivity index (χ3n) is 14.1. The zero-order valence-corrected chi connectivity index (χ0v) is 41.9. The van der Waals surface area contributed by atoms with Crippen LogP contribution in [0.15, 0.2) is 133 Å². The summed E-state index contributed by atoms with van der Waals surface area (Å²) in [6.45, 7) is 25.5. The summed E-state index contributed by atoms with van der Waals surface area (Å²) < 4.78 is 63.2. The highest BCUT2D eigenvalue weighted by molar-refractivity contribution is 7.20. The van der Waals surface area contributed by atoms with Gasteiger partial charge in [0.25, 0.3) is 0 Å². The molecule has 0 saturated carbocycles. The number of hydrogen-bond acceptors (Lipinski definition) is 0. The van der Waals surface area contributed by atoms with Gasteiger partial charge in [0.05, 0.1) is 0 Å². The molecule has 0 aromatic heterocycles. The van der Waals surface area contributed by atoms with Gasteiger partial charge in [-0.25, -0.2) is 17.6 Å². The molecular weight excluding hydrogens is 846 g/mol. The third-order valence-corrected chi connectivity index (χ3v) is 18.8. The van der Waals surface area contributed by atoms with Gasteiger partial charge < -0.3 is 0 Å². The predicted molar refractivity (Wildman–Crippen MR) is 282 cm³/mol. The van der Waals surface area contributed by atoms with Crippen LogP contribution in [0.4, 0.5) is 17.6 Å². The van der Waals surface area contributed by atoms with E-state index in [4.69, 9.17) is 0 Å². The largest absolute Gasteiger partial charge is 0.242 e. The molecule has 0 heterocycles. The van der Waals surface area contributed by atoms with Crippen LogP contribution >= 0.6 is 0 Å². The molecule has 0 aliphatic rings. The zero-order chi connectivity index (χ0) is 48.2. The van der Waals surface area contributed by atoms with Crippen molar-refractivity contribution in [3.05, 3.63) is 223 Å². The number of aryl methyl sites for hydroxylation is 12. The summed E-state index contributed by atoms with van der Waals surface area (Å²) in [7, 11) is -3.94. The SMILES string of the molecule is Cc1cc(C)c(B(c2ccc([Si](c3ccc(B(c4c(C)cc(C)cc4C)c4c(C)cc(C)cc4C)cc3)(c3cc(F)cc(F)c3)c3cc(F)cc(F)c3)cc2)c2c(C)cc(C)cc2C)c(C)c1. The lowest BCUT2D eigenvalue weighted by molar-refractivity contribution is 0.585. The average Bonchev–Trinajstić information content (AvgIpc) is 3.21. The Morgan fingerprint density at radius 3 is 0.687 bits per heavy atom. The fourth-order valence-corrected chi connectivity index (χ4v) is 16.7. The molecule has 0 spiro atoms. The summed E-state index contributed by atoms with van der Waals surface area (Å²) in [5, 5.41) is 2.16. The Morgan fingerprint density at radius 2 is 0.478 bits per heavy atom. The van der Waals surface area contributed by atoms with Crippen molar-refractivity contribution in [3.63, 3.8) is 0 Å². The molecule has 0 fully saturated rings. The van der Waals surface area contributed by atoms with Gasteiger partial charge in [-0.15, -0.1) is 0 Å². The molecule has 8 aromatic rings. The van der Waals surface area contributed by atoms with Gasteiger partial charge >= 0.3 is 0 Å². The Bertz CT molecular complexity index is 2740. The second kappa shape index (κ2) is 18.5.